The summed E-state index contributed by atoms with van der Waals surface area (Å²) in [6, 6.07) is 1.42. The van der Waals surface area contributed by atoms with Gasteiger partial charge in [-0.1, -0.05) is 24.7 Å². The molecule has 1 amide bonds. The lowest BCUT2D eigenvalue weighted by Crippen LogP contribution is -2.10. The highest BCUT2D eigenvalue weighted by Gasteiger charge is 2.19. The van der Waals surface area contributed by atoms with Crippen molar-refractivity contribution in [2.24, 2.45) is 5.73 Å². The maximum absolute atomic E-state index is 10.9. The Morgan fingerprint density at radius 3 is 2.79 bits per heavy atom. The predicted octanol–water partition coefficient (Wildman–Crippen LogP) is 1.71. The molecule has 1 rings (SSSR count). The SMILES string of the molecule is CCCc1cc([N+](=O)[O-])sc1C(N)=O. The Balaban J connectivity index is 3.12. The highest BCUT2D eigenvalue weighted by molar-refractivity contribution is 7.17. The predicted molar refractivity (Wildman–Crippen MR) is 53.5 cm³/mol. The molecular weight excluding hydrogens is 204 g/mol. The van der Waals surface area contributed by atoms with Crippen molar-refractivity contribution in [1.82, 2.24) is 0 Å². The smallest absolute Gasteiger partial charge is 0.325 e. The summed E-state index contributed by atoms with van der Waals surface area (Å²) < 4.78 is 0. The number of rotatable bonds is 4. The van der Waals surface area contributed by atoms with Crippen LogP contribution in [0.4, 0.5) is 5.00 Å². The second kappa shape index (κ2) is 4.19. The maximum atomic E-state index is 10.9. The number of nitrogens with two attached hydrogens (primary N) is 1. The van der Waals surface area contributed by atoms with Gasteiger partial charge in [0.25, 0.3) is 5.91 Å². The minimum atomic E-state index is -0.591. The van der Waals surface area contributed by atoms with E-state index < -0.39 is 10.8 Å². The lowest BCUT2D eigenvalue weighted by Gasteiger charge is -1.94. The summed E-state index contributed by atoms with van der Waals surface area (Å²) in [5.74, 6) is -0.591. The number of hydrogen-bond donors (Lipinski definition) is 1. The van der Waals surface area contributed by atoms with Gasteiger partial charge in [-0.25, -0.2) is 0 Å². The maximum Gasteiger partial charge on any atom is 0.325 e. The Morgan fingerprint density at radius 1 is 1.71 bits per heavy atom. The summed E-state index contributed by atoms with van der Waals surface area (Å²) in [4.78, 5) is 21.2. The van der Waals surface area contributed by atoms with Gasteiger partial charge in [-0.3, -0.25) is 14.9 Å². The molecule has 0 spiro atoms. The second-order valence-corrected chi connectivity index (χ2v) is 3.84. The average Bonchev–Trinajstić information content (AvgIpc) is 2.49. The van der Waals surface area contributed by atoms with Crippen molar-refractivity contribution in [3.05, 3.63) is 26.6 Å². The van der Waals surface area contributed by atoms with Crippen molar-refractivity contribution in [1.29, 1.82) is 0 Å². The molecule has 0 atom stereocenters. The van der Waals surface area contributed by atoms with Crippen molar-refractivity contribution < 1.29 is 9.72 Å². The molecule has 0 aliphatic heterocycles. The van der Waals surface area contributed by atoms with Gasteiger partial charge in [0.1, 0.15) is 4.88 Å². The van der Waals surface area contributed by atoms with Crippen molar-refractivity contribution >= 4 is 22.2 Å². The van der Waals surface area contributed by atoms with Crippen LogP contribution in [0, 0.1) is 10.1 Å². The molecule has 1 aromatic heterocycles. The first-order chi connectivity index (χ1) is 6.56. The van der Waals surface area contributed by atoms with E-state index in [1.54, 1.807) is 0 Å². The van der Waals surface area contributed by atoms with Crippen LogP contribution in [0.3, 0.4) is 0 Å². The van der Waals surface area contributed by atoms with Crippen LogP contribution >= 0.6 is 11.3 Å². The van der Waals surface area contributed by atoms with E-state index in [-0.39, 0.29) is 5.00 Å². The van der Waals surface area contributed by atoms with Gasteiger partial charge in [-0.05, 0) is 12.0 Å². The number of nitro groups is 1. The van der Waals surface area contributed by atoms with Crippen LogP contribution in [0.15, 0.2) is 6.07 Å². The van der Waals surface area contributed by atoms with Crippen molar-refractivity contribution in [2.45, 2.75) is 19.8 Å². The molecule has 14 heavy (non-hydrogen) atoms. The second-order valence-electron chi connectivity index (χ2n) is 2.81. The Hall–Kier alpha value is -1.43. The molecular formula is C8H10N2O3S. The lowest BCUT2D eigenvalue weighted by atomic mass is 10.1. The Morgan fingerprint density at radius 2 is 2.36 bits per heavy atom. The molecule has 0 aliphatic carbocycles. The van der Waals surface area contributed by atoms with E-state index in [9.17, 15) is 14.9 Å². The zero-order valence-corrected chi connectivity index (χ0v) is 8.47. The Labute approximate surface area is 84.7 Å². The van der Waals surface area contributed by atoms with E-state index in [0.29, 0.717) is 16.9 Å². The number of carbonyl (C=O) groups is 1. The number of aryl methyl sites for hydroxylation is 1. The largest absolute Gasteiger partial charge is 0.365 e. The van der Waals surface area contributed by atoms with Crippen LogP contribution in [0.25, 0.3) is 0 Å². The van der Waals surface area contributed by atoms with Crippen molar-refractivity contribution in [2.75, 3.05) is 0 Å². The quantitative estimate of drug-likeness (QED) is 0.611. The van der Waals surface area contributed by atoms with Gasteiger partial charge in [-0.2, -0.15) is 0 Å². The third-order valence-electron chi connectivity index (χ3n) is 1.72. The number of thiophene rings is 1. The highest BCUT2D eigenvalue weighted by Crippen LogP contribution is 2.29. The van der Waals surface area contributed by atoms with Gasteiger partial charge in [-0.15, -0.1) is 0 Å². The molecule has 0 fully saturated rings. The minimum absolute atomic E-state index is 0.0257. The first-order valence-corrected chi connectivity index (χ1v) is 4.94. The third kappa shape index (κ3) is 2.08. The molecule has 0 aromatic carbocycles. The number of nitrogens with zero attached hydrogens (tertiary/aromatic N) is 1. The molecule has 2 N–H and O–H groups in total. The lowest BCUT2D eigenvalue weighted by molar-refractivity contribution is -0.380. The molecule has 0 unspecified atom stereocenters. The molecule has 0 saturated heterocycles. The molecule has 0 bridgehead atoms. The topological polar surface area (TPSA) is 86.2 Å². The van der Waals surface area contributed by atoms with Gasteiger partial charge < -0.3 is 5.73 Å². The molecule has 1 heterocycles. The first-order valence-electron chi connectivity index (χ1n) is 4.13. The van der Waals surface area contributed by atoms with Crippen LogP contribution in [-0.2, 0) is 6.42 Å². The monoisotopic (exact) mass is 214 g/mol. The molecule has 0 radical (unpaired) electrons. The van der Waals surface area contributed by atoms with Crippen molar-refractivity contribution in [3.8, 4) is 0 Å². The van der Waals surface area contributed by atoms with E-state index in [2.05, 4.69) is 0 Å². The summed E-state index contributed by atoms with van der Waals surface area (Å²) in [5, 5.41) is 10.4. The molecule has 6 heteroatoms. The fourth-order valence-electron chi connectivity index (χ4n) is 1.17. The third-order valence-corrected chi connectivity index (χ3v) is 2.86. The normalized spacial score (nSPS) is 10.1. The average molecular weight is 214 g/mol. The summed E-state index contributed by atoms with van der Waals surface area (Å²) in [5.41, 5.74) is 5.78. The zero-order chi connectivity index (χ0) is 10.7. The summed E-state index contributed by atoms with van der Waals surface area (Å²) in [6.07, 6.45) is 1.47. The number of carbonyl (C=O) groups excluding carboxylic acids is 1. The van der Waals surface area contributed by atoms with E-state index in [1.807, 2.05) is 6.92 Å². The molecule has 0 aliphatic rings. The van der Waals surface area contributed by atoms with Gasteiger partial charge in [0, 0.05) is 6.07 Å². The number of amides is 1. The van der Waals surface area contributed by atoms with Gasteiger partial charge >= 0.3 is 5.00 Å². The Bertz CT molecular complexity index is 373. The van der Waals surface area contributed by atoms with Crippen LogP contribution in [0.2, 0.25) is 0 Å². The standard InChI is InChI=1S/C8H10N2O3S/c1-2-3-5-4-6(10(12)13)14-7(5)8(9)11/h4H,2-3H2,1H3,(H2,9,11). The van der Waals surface area contributed by atoms with Crippen LogP contribution in [-0.4, -0.2) is 10.8 Å². The highest BCUT2D eigenvalue weighted by atomic mass is 32.1. The van der Waals surface area contributed by atoms with E-state index in [0.717, 1.165) is 17.8 Å². The fourth-order valence-corrected chi connectivity index (χ4v) is 2.05. The van der Waals surface area contributed by atoms with E-state index >= 15 is 0 Å². The van der Waals surface area contributed by atoms with Crippen molar-refractivity contribution in [3.63, 3.8) is 0 Å². The molecule has 0 saturated carbocycles. The zero-order valence-electron chi connectivity index (χ0n) is 7.65. The van der Waals surface area contributed by atoms with Crippen LogP contribution in [0.5, 0.6) is 0 Å². The fraction of sp³-hybridized carbons (Fsp3) is 0.375. The molecule has 76 valence electrons. The summed E-state index contributed by atoms with van der Waals surface area (Å²) >= 11 is 0.842. The van der Waals surface area contributed by atoms with Gasteiger partial charge in [0.05, 0.1) is 4.92 Å². The molecule has 1 aromatic rings. The molecule has 5 nitrogen and oxygen atoms in total. The van der Waals surface area contributed by atoms with Crippen LogP contribution < -0.4 is 5.73 Å². The first kappa shape index (κ1) is 10.6. The summed E-state index contributed by atoms with van der Waals surface area (Å²) in [7, 11) is 0. The van der Waals surface area contributed by atoms with E-state index in [4.69, 9.17) is 5.73 Å². The van der Waals surface area contributed by atoms with Crippen LogP contribution in [0.1, 0.15) is 28.6 Å². The number of primary amides is 1. The van der Waals surface area contributed by atoms with Gasteiger partial charge in [0.15, 0.2) is 0 Å². The van der Waals surface area contributed by atoms with E-state index in [1.165, 1.54) is 6.07 Å². The Kier molecular flexibility index (Phi) is 3.19. The minimum Gasteiger partial charge on any atom is -0.365 e. The number of hydrogen-bond acceptors (Lipinski definition) is 4. The summed E-state index contributed by atoms with van der Waals surface area (Å²) in [6.45, 7) is 1.94. The van der Waals surface area contributed by atoms with Gasteiger partial charge in [0.2, 0.25) is 0 Å².